The molecule has 1 heterocycles. The number of hydrogen-bond donors (Lipinski definition) is 0. The minimum Gasteiger partial charge on any atom is -0.497 e. The zero-order valence-electron chi connectivity index (χ0n) is 17.5. The fraction of sp³-hybridized carbons (Fsp3) is 0.160. The number of hydrogen-bond acceptors (Lipinski definition) is 5. The summed E-state index contributed by atoms with van der Waals surface area (Å²) in [5.41, 5.74) is 3.82. The Kier molecular flexibility index (Phi) is 5.29. The molecule has 6 nitrogen and oxygen atoms in total. The van der Waals surface area contributed by atoms with Gasteiger partial charge in [-0.3, -0.25) is 9.59 Å². The first-order valence-electron chi connectivity index (χ1n) is 9.79. The van der Waals surface area contributed by atoms with Crippen LogP contribution < -0.4 is 9.64 Å². The van der Waals surface area contributed by atoms with Gasteiger partial charge in [-0.2, -0.15) is 0 Å². The number of ether oxygens (including phenoxy) is 2. The van der Waals surface area contributed by atoms with Crippen LogP contribution in [0.2, 0.25) is 0 Å². The molecule has 6 heteroatoms. The molecule has 4 rings (SSSR count). The summed E-state index contributed by atoms with van der Waals surface area (Å²) in [7, 11) is 1.58. The second-order valence-electron chi connectivity index (χ2n) is 7.42. The minimum atomic E-state index is -0.566. The highest BCUT2D eigenvalue weighted by atomic mass is 16.5. The Hall–Kier alpha value is -3.93. The summed E-state index contributed by atoms with van der Waals surface area (Å²) in [4.78, 5) is 39.6. The largest absolute Gasteiger partial charge is 0.497 e. The van der Waals surface area contributed by atoms with E-state index in [1.54, 1.807) is 37.4 Å². The van der Waals surface area contributed by atoms with E-state index in [1.807, 2.05) is 26.0 Å². The molecule has 156 valence electrons. The lowest BCUT2D eigenvalue weighted by atomic mass is 10.1. The third kappa shape index (κ3) is 3.80. The van der Waals surface area contributed by atoms with E-state index in [0.29, 0.717) is 11.4 Å². The standard InChI is InChI=1S/C25H21NO5/c1-15-4-5-16(2)22(12-15)26-23(27)20-11-8-18(13-21(20)24(26)28)25(29)31-14-17-6-9-19(30-3)10-7-17/h4-13H,14H2,1-3H3. The van der Waals surface area contributed by atoms with Crippen molar-refractivity contribution in [3.05, 3.63) is 94.0 Å². The molecule has 1 aliphatic heterocycles. The van der Waals surface area contributed by atoms with Crippen molar-refractivity contribution in [1.82, 2.24) is 0 Å². The molecule has 0 atom stereocenters. The first-order valence-corrected chi connectivity index (χ1v) is 9.79. The van der Waals surface area contributed by atoms with Crippen molar-refractivity contribution in [2.24, 2.45) is 0 Å². The number of benzene rings is 3. The summed E-state index contributed by atoms with van der Waals surface area (Å²) in [6.45, 7) is 3.83. The molecule has 1 aliphatic rings. The Labute approximate surface area is 180 Å². The summed E-state index contributed by atoms with van der Waals surface area (Å²) in [5, 5.41) is 0. The number of anilines is 1. The molecule has 0 aliphatic carbocycles. The maximum absolute atomic E-state index is 13.0. The van der Waals surface area contributed by atoms with Crippen molar-refractivity contribution in [3.63, 3.8) is 0 Å². The van der Waals surface area contributed by atoms with E-state index in [-0.39, 0.29) is 23.3 Å². The van der Waals surface area contributed by atoms with Gasteiger partial charge < -0.3 is 9.47 Å². The van der Waals surface area contributed by atoms with E-state index >= 15 is 0 Å². The zero-order valence-corrected chi connectivity index (χ0v) is 17.5. The first kappa shape index (κ1) is 20.3. The van der Waals surface area contributed by atoms with Gasteiger partial charge in [0.25, 0.3) is 11.8 Å². The summed E-state index contributed by atoms with van der Waals surface area (Å²) < 4.78 is 10.5. The van der Waals surface area contributed by atoms with E-state index in [4.69, 9.17) is 9.47 Å². The molecule has 3 aromatic rings. The van der Waals surface area contributed by atoms with E-state index in [2.05, 4.69) is 0 Å². The van der Waals surface area contributed by atoms with Crippen LogP contribution in [0.15, 0.2) is 60.7 Å². The Balaban J connectivity index is 1.55. The van der Waals surface area contributed by atoms with Gasteiger partial charge in [-0.15, -0.1) is 0 Å². The van der Waals surface area contributed by atoms with Crippen LogP contribution in [-0.2, 0) is 11.3 Å². The van der Waals surface area contributed by atoms with Crippen molar-refractivity contribution in [1.29, 1.82) is 0 Å². The zero-order chi connectivity index (χ0) is 22.1. The highest BCUT2D eigenvalue weighted by molar-refractivity contribution is 6.35. The third-order valence-corrected chi connectivity index (χ3v) is 5.26. The fourth-order valence-corrected chi connectivity index (χ4v) is 3.50. The highest BCUT2D eigenvalue weighted by Gasteiger charge is 2.38. The maximum atomic E-state index is 13.0. The normalized spacial score (nSPS) is 12.7. The summed E-state index contributed by atoms with van der Waals surface area (Å²) in [5.74, 6) is -0.695. The van der Waals surface area contributed by atoms with Gasteiger partial charge in [0.15, 0.2) is 0 Å². The van der Waals surface area contributed by atoms with Crippen LogP contribution in [0.5, 0.6) is 5.75 Å². The van der Waals surface area contributed by atoms with Gasteiger partial charge in [0.2, 0.25) is 0 Å². The highest BCUT2D eigenvalue weighted by Crippen LogP contribution is 2.32. The number of fused-ring (bicyclic) bond motifs is 1. The molecule has 0 bridgehead atoms. The van der Waals surface area contributed by atoms with Crippen molar-refractivity contribution in [2.75, 3.05) is 12.0 Å². The molecule has 0 radical (unpaired) electrons. The van der Waals surface area contributed by atoms with Crippen molar-refractivity contribution < 1.29 is 23.9 Å². The van der Waals surface area contributed by atoms with Crippen LogP contribution in [0, 0.1) is 13.8 Å². The molecule has 0 aromatic heterocycles. The second-order valence-corrected chi connectivity index (χ2v) is 7.42. The number of amides is 2. The van der Waals surface area contributed by atoms with Gasteiger partial charge in [0, 0.05) is 0 Å². The lowest BCUT2D eigenvalue weighted by Gasteiger charge is -2.17. The maximum Gasteiger partial charge on any atom is 0.338 e. The number of aryl methyl sites for hydroxylation is 2. The topological polar surface area (TPSA) is 72.9 Å². The Morgan fingerprint density at radius 2 is 1.58 bits per heavy atom. The van der Waals surface area contributed by atoms with Gasteiger partial charge in [0.1, 0.15) is 12.4 Å². The number of carbonyl (C=O) groups excluding carboxylic acids is 3. The van der Waals surface area contributed by atoms with Crippen LogP contribution in [0.3, 0.4) is 0 Å². The predicted molar refractivity (Wildman–Crippen MR) is 116 cm³/mol. The van der Waals surface area contributed by atoms with Crippen LogP contribution in [-0.4, -0.2) is 24.9 Å². The van der Waals surface area contributed by atoms with E-state index in [1.165, 1.54) is 23.1 Å². The van der Waals surface area contributed by atoms with Crippen molar-refractivity contribution in [2.45, 2.75) is 20.5 Å². The number of esters is 1. The molecule has 0 unspecified atom stereocenters. The number of methoxy groups -OCH3 is 1. The lowest BCUT2D eigenvalue weighted by molar-refractivity contribution is 0.0472. The number of nitrogens with zero attached hydrogens (tertiary/aromatic N) is 1. The molecule has 0 N–H and O–H groups in total. The molecule has 31 heavy (non-hydrogen) atoms. The quantitative estimate of drug-likeness (QED) is 0.454. The van der Waals surface area contributed by atoms with Crippen LogP contribution in [0.4, 0.5) is 5.69 Å². The van der Waals surface area contributed by atoms with Crippen molar-refractivity contribution in [3.8, 4) is 5.75 Å². The monoisotopic (exact) mass is 415 g/mol. The third-order valence-electron chi connectivity index (χ3n) is 5.26. The molecule has 0 fully saturated rings. The van der Waals surface area contributed by atoms with E-state index < -0.39 is 17.8 Å². The molecule has 2 amide bonds. The minimum absolute atomic E-state index is 0.0847. The molecule has 0 saturated heterocycles. The van der Waals surface area contributed by atoms with Gasteiger partial charge in [0.05, 0.1) is 29.5 Å². The second kappa shape index (κ2) is 8.07. The predicted octanol–water partition coefficient (Wildman–Crippen LogP) is 4.47. The van der Waals surface area contributed by atoms with Crippen molar-refractivity contribution >= 4 is 23.5 Å². The van der Waals surface area contributed by atoms with Gasteiger partial charge in [-0.1, -0.05) is 24.3 Å². The Morgan fingerprint density at radius 3 is 2.29 bits per heavy atom. The molecule has 0 saturated carbocycles. The Morgan fingerprint density at radius 1 is 0.871 bits per heavy atom. The van der Waals surface area contributed by atoms with E-state index in [9.17, 15) is 14.4 Å². The average Bonchev–Trinajstić information content (AvgIpc) is 3.03. The summed E-state index contributed by atoms with van der Waals surface area (Å²) >= 11 is 0. The first-order chi connectivity index (χ1) is 14.9. The molecule has 0 spiro atoms. The summed E-state index contributed by atoms with van der Waals surface area (Å²) in [6, 6.07) is 17.2. The molecular weight excluding hydrogens is 394 g/mol. The summed E-state index contributed by atoms with van der Waals surface area (Å²) in [6.07, 6.45) is 0. The average molecular weight is 415 g/mol. The SMILES string of the molecule is COc1ccc(COC(=O)c2ccc3c(c2)C(=O)N(c2cc(C)ccc2C)C3=O)cc1. The fourth-order valence-electron chi connectivity index (χ4n) is 3.50. The van der Waals surface area contributed by atoms with E-state index in [0.717, 1.165) is 16.7 Å². The number of imide groups is 1. The Bertz CT molecular complexity index is 1200. The lowest BCUT2D eigenvalue weighted by Crippen LogP contribution is -2.30. The molecular formula is C25H21NO5. The van der Waals surface area contributed by atoms with Crippen LogP contribution in [0.1, 0.15) is 47.8 Å². The van der Waals surface area contributed by atoms with Crippen LogP contribution >= 0.6 is 0 Å². The van der Waals surface area contributed by atoms with Gasteiger partial charge >= 0.3 is 5.97 Å². The van der Waals surface area contributed by atoms with Crippen LogP contribution in [0.25, 0.3) is 0 Å². The number of carbonyl (C=O) groups is 3. The number of rotatable bonds is 5. The smallest absolute Gasteiger partial charge is 0.338 e. The van der Waals surface area contributed by atoms with Gasteiger partial charge in [-0.25, -0.2) is 9.69 Å². The molecule has 3 aromatic carbocycles. The van der Waals surface area contributed by atoms with Gasteiger partial charge in [-0.05, 0) is 66.9 Å².